The lowest BCUT2D eigenvalue weighted by molar-refractivity contribution is -0.136. The van der Waals surface area contributed by atoms with Crippen molar-refractivity contribution in [2.45, 2.75) is 19.4 Å². The van der Waals surface area contributed by atoms with Gasteiger partial charge in [0.1, 0.15) is 11.5 Å². The third-order valence-electron chi connectivity index (χ3n) is 6.35. The van der Waals surface area contributed by atoms with Gasteiger partial charge >= 0.3 is 5.97 Å². The first kappa shape index (κ1) is 25.5. The number of methoxy groups -OCH3 is 1. The average Bonchev–Trinajstić information content (AvgIpc) is 3.14. The number of aliphatic hydroxyl groups is 1. The van der Waals surface area contributed by atoms with Crippen LogP contribution in [-0.2, 0) is 20.8 Å². The van der Waals surface area contributed by atoms with Crippen LogP contribution in [0.25, 0.3) is 5.76 Å². The molecule has 1 aliphatic heterocycles. The second kappa shape index (κ2) is 10.2. The van der Waals surface area contributed by atoms with E-state index in [4.69, 9.17) is 9.84 Å². The molecule has 3 aromatic carbocycles. The van der Waals surface area contributed by atoms with Gasteiger partial charge in [-0.3, -0.25) is 19.3 Å². The first-order valence-corrected chi connectivity index (χ1v) is 11.7. The fourth-order valence-electron chi connectivity index (χ4n) is 4.47. The Kier molecular flexibility index (Phi) is 7.02. The molecule has 190 valence electrons. The van der Waals surface area contributed by atoms with Gasteiger partial charge in [-0.15, -0.1) is 0 Å². The molecular weight excluding hydrogens is 472 g/mol. The zero-order chi connectivity index (χ0) is 26.9. The van der Waals surface area contributed by atoms with E-state index in [1.54, 1.807) is 36.4 Å². The second-order valence-electron chi connectivity index (χ2n) is 9.10. The Morgan fingerprint density at radius 2 is 1.62 bits per heavy atom. The standard InChI is InChI=1S/C29H28N2O6/c1-17-5-14-23(37-4)22(15-17)27(34)25-26(19-8-12-20(13-9-19)30(2)3)31(29(36)28(25)35)21-10-6-18(7-11-21)16-24(32)33/h5-15,26,34H,16H2,1-4H3,(H,32,33)/b27-25+. The molecule has 8 heteroatoms. The number of ether oxygens (including phenoxy) is 1. The molecule has 1 saturated heterocycles. The van der Waals surface area contributed by atoms with Gasteiger partial charge in [-0.25, -0.2) is 0 Å². The summed E-state index contributed by atoms with van der Waals surface area (Å²) < 4.78 is 5.42. The number of aryl methyl sites for hydroxylation is 1. The number of aliphatic hydroxyl groups excluding tert-OH is 1. The van der Waals surface area contributed by atoms with Crippen LogP contribution in [0.2, 0.25) is 0 Å². The Bertz CT molecular complexity index is 1390. The zero-order valence-electron chi connectivity index (χ0n) is 21.1. The van der Waals surface area contributed by atoms with Crippen LogP contribution in [0.15, 0.2) is 72.3 Å². The lowest BCUT2D eigenvalue weighted by atomic mass is 9.94. The summed E-state index contributed by atoms with van der Waals surface area (Å²) in [5.74, 6) is -2.54. The maximum atomic E-state index is 13.4. The topological polar surface area (TPSA) is 107 Å². The van der Waals surface area contributed by atoms with E-state index in [0.717, 1.165) is 11.3 Å². The molecule has 3 aromatic rings. The number of carbonyl (C=O) groups is 3. The van der Waals surface area contributed by atoms with E-state index in [2.05, 4.69) is 0 Å². The number of benzene rings is 3. The predicted octanol–water partition coefficient (Wildman–Crippen LogP) is 4.32. The average molecular weight is 501 g/mol. The van der Waals surface area contributed by atoms with Crippen molar-refractivity contribution < 1.29 is 29.3 Å². The van der Waals surface area contributed by atoms with Crippen LogP contribution < -0.4 is 14.5 Å². The number of nitrogens with zero attached hydrogens (tertiary/aromatic N) is 2. The number of ketones is 1. The Morgan fingerprint density at radius 1 is 0.973 bits per heavy atom. The molecule has 0 saturated carbocycles. The number of carboxylic acid groups (broad SMARTS) is 1. The van der Waals surface area contributed by atoms with E-state index in [9.17, 15) is 19.5 Å². The second-order valence-corrected chi connectivity index (χ2v) is 9.10. The Hall–Kier alpha value is -4.59. The summed E-state index contributed by atoms with van der Waals surface area (Å²) >= 11 is 0. The first-order chi connectivity index (χ1) is 17.6. The van der Waals surface area contributed by atoms with Crippen molar-refractivity contribution in [3.63, 3.8) is 0 Å². The van der Waals surface area contributed by atoms with Crippen LogP contribution in [0.1, 0.15) is 28.3 Å². The first-order valence-electron chi connectivity index (χ1n) is 11.7. The van der Waals surface area contributed by atoms with Crippen LogP contribution in [0.3, 0.4) is 0 Å². The lowest BCUT2D eigenvalue weighted by Gasteiger charge is -2.26. The van der Waals surface area contributed by atoms with Crippen LogP contribution >= 0.6 is 0 Å². The molecular formula is C29H28N2O6. The summed E-state index contributed by atoms with van der Waals surface area (Å²) in [5.41, 5.74) is 3.63. The smallest absolute Gasteiger partial charge is 0.307 e. The van der Waals surface area contributed by atoms with Gasteiger partial charge in [-0.1, -0.05) is 35.9 Å². The maximum Gasteiger partial charge on any atom is 0.307 e. The quantitative estimate of drug-likeness (QED) is 0.283. The summed E-state index contributed by atoms with van der Waals surface area (Å²) in [6, 6.07) is 18.1. The van der Waals surface area contributed by atoms with Crippen LogP contribution in [0.4, 0.5) is 11.4 Å². The molecule has 1 heterocycles. The summed E-state index contributed by atoms with van der Waals surface area (Å²) in [5, 5.41) is 20.5. The van der Waals surface area contributed by atoms with Crippen LogP contribution in [0.5, 0.6) is 5.75 Å². The van der Waals surface area contributed by atoms with Gasteiger partial charge in [-0.2, -0.15) is 0 Å². The molecule has 2 N–H and O–H groups in total. The third-order valence-corrected chi connectivity index (χ3v) is 6.35. The number of hydrogen-bond donors (Lipinski definition) is 2. The van der Waals surface area contributed by atoms with E-state index in [1.165, 1.54) is 12.0 Å². The summed E-state index contributed by atoms with van der Waals surface area (Å²) in [4.78, 5) is 41.2. The number of carbonyl (C=O) groups excluding carboxylic acids is 2. The van der Waals surface area contributed by atoms with Gasteiger partial charge in [-0.05, 0) is 54.4 Å². The highest BCUT2D eigenvalue weighted by Gasteiger charge is 2.47. The zero-order valence-corrected chi connectivity index (χ0v) is 21.1. The van der Waals surface area contributed by atoms with E-state index < -0.39 is 23.7 Å². The normalized spacial score (nSPS) is 16.6. The summed E-state index contributed by atoms with van der Waals surface area (Å²) in [7, 11) is 5.28. The number of Topliss-reactive ketones (excluding diaryl/α,β-unsaturated/α-hetero) is 1. The molecule has 37 heavy (non-hydrogen) atoms. The molecule has 8 nitrogen and oxygen atoms in total. The number of hydrogen-bond acceptors (Lipinski definition) is 6. The number of aliphatic carboxylic acids is 1. The summed E-state index contributed by atoms with van der Waals surface area (Å²) in [6.45, 7) is 1.85. The number of anilines is 2. The van der Waals surface area contributed by atoms with Crippen LogP contribution in [0, 0.1) is 6.92 Å². The minimum absolute atomic E-state index is 0.0545. The lowest BCUT2D eigenvalue weighted by Crippen LogP contribution is -2.29. The van der Waals surface area contributed by atoms with Crippen molar-refractivity contribution in [3.05, 3.63) is 94.6 Å². The Morgan fingerprint density at radius 3 is 2.19 bits per heavy atom. The van der Waals surface area contributed by atoms with Crippen molar-refractivity contribution in [2.24, 2.45) is 0 Å². The molecule has 0 bridgehead atoms. The molecule has 0 radical (unpaired) electrons. The van der Waals surface area contributed by atoms with Gasteiger partial charge in [0.25, 0.3) is 11.7 Å². The van der Waals surface area contributed by atoms with E-state index in [-0.39, 0.29) is 17.8 Å². The van der Waals surface area contributed by atoms with E-state index in [0.29, 0.717) is 28.1 Å². The predicted molar refractivity (Wildman–Crippen MR) is 141 cm³/mol. The van der Waals surface area contributed by atoms with Gasteiger partial charge in [0.15, 0.2) is 0 Å². The minimum atomic E-state index is -0.971. The monoisotopic (exact) mass is 500 g/mol. The molecule has 1 aliphatic rings. The fourth-order valence-corrected chi connectivity index (χ4v) is 4.47. The highest BCUT2D eigenvalue weighted by Crippen LogP contribution is 2.43. The molecule has 4 rings (SSSR count). The van der Waals surface area contributed by atoms with Crippen molar-refractivity contribution in [3.8, 4) is 5.75 Å². The van der Waals surface area contributed by atoms with E-state index in [1.807, 2.05) is 56.3 Å². The Labute approximate surface area is 215 Å². The largest absolute Gasteiger partial charge is 0.507 e. The number of amides is 1. The molecule has 0 spiro atoms. The molecule has 0 aromatic heterocycles. The molecule has 1 unspecified atom stereocenters. The molecule has 0 aliphatic carbocycles. The minimum Gasteiger partial charge on any atom is -0.507 e. The van der Waals surface area contributed by atoms with Crippen molar-refractivity contribution in [1.82, 2.24) is 0 Å². The number of carboxylic acids is 1. The third kappa shape index (κ3) is 4.91. The fraction of sp³-hybridized carbons (Fsp3) is 0.207. The highest BCUT2D eigenvalue weighted by molar-refractivity contribution is 6.51. The van der Waals surface area contributed by atoms with Gasteiger partial charge < -0.3 is 19.8 Å². The van der Waals surface area contributed by atoms with Crippen molar-refractivity contribution >= 4 is 34.8 Å². The van der Waals surface area contributed by atoms with Gasteiger partial charge in [0.05, 0.1) is 30.7 Å². The maximum absolute atomic E-state index is 13.4. The van der Waals surface area contributed by atoms with Crippen molar-refractivity contribution in [1.29, 1.82) is 0 Å². The molecule has 1 amide bonds. The van der Waals surface area contributed by atoms with Crippen molar-refractivity contribution in [2.75, 3.05) is 31.0 Å². The number of rotatable bonds is 7. The highest BCUT2D eigenvalue weighted by atomic mass is 16.5. The van der Waals surface area contributed by atoms with E-state index >= 15 is 0 Å². The Balaban J connectivity index is 1.92. The molecule has 1 atom stereocenters. The van der Waals surface area contributed by atoms with Gasteiger partial charge in [0.2, 0.25) is 0 Å². The summed E-state index contributed by atoms with van der Waals surface area (Å²) in [6.07, 6.45) is -0.165. The SMILES string of the molecule is COc1ccc(C)cc1/C(O)=C1\C(=O)C(=O)N(c2ccc(CC(=O)O)cc2)C1c1ccc(N(C)C)cc1. The molecule has 1 fully saturated rings. The van der Waals surface area contributed by atoms with Crippen LogP contribution in [-0.4, -0.2) is 49.1 Å². The van der Waals surface area contributed by atoms with Gasteiger partial charge in [0, 0.05) is 25.5 Å².